The molecule has 1 saturated carbocycles. The van der Waals surface area contributed by atoms with Gasteiger partial charge in [-0.2, -0.15) is 0 Å². The Morgan fingerprint density at radius 2 is 2.22 bits per heavy atom. The molecule has 0 radical (unpaired) electrons. The summed E-state index contributed by atoms with van der Waals surface area (Å²) in [4.78, 5) is 12.7. The number of hydrogen-bond donors (Lipinski definition) is 1. The summed E-state index contributed by atoms with van der Waals surface area (Å²) in [5.41, 5.74) is 0.764. The van der Waals surface area contributed by atoms with E-state index in [1.165, 1.54) is 11.0 Å². The highest BCUT2D eigenvalue weighted by molar-refractivity contribution is 6.36. The zero-order valence-electron chi connectivity index (χ0n) is 9.58. The minimum absolute atomic E-state index is 0.102. The van der Waals surface area contributed by atoms with E-state index in [-0.39, 0.29) is 17.3 Å². The standard InChI is InChI=1S/C12H12ClFN2O2/c13-10-9(15-7-1-2-7)4-3-8(14)11(10)16-5-6-18-12(16)17/h3-4,7,15H,1-2,5-6H2. The van der Waals surface area contributed by atoms with Gasteiger partial charge in [0.1, 0.15) is 18.1 Å². The number of carbonyl (C=O) groups excluding carboxylic acids is 1. The molecule has 3 rings (SSSR count). The molecule has 2 aliphatic rings. The van der Waals surface area contributed by atoms with Crippen molar-refractivity contribution < 1.29 is 13.9 Å². The van der Waals surface area contributed by atoms with Crippen molar-refractivity contribution in [2.45, 2.75) is 18.9 Å². The maximum atomic E-state index is 13.8. The number of cyclic esters (lactones) is 1. The summed E-state index contributed by atoms with van der Waals surface area (Å²) in [5.74, 6) is -0.514. The monoisotopic (exact) mass is 270 g/mol. The summed E-state index contributed by atoms with van der Waals surface area (Å²) < 4.78 is 18.7. The highest BCUT2D eigenvalue weighted by atomic mass is 35.5. The van der Waals surface area contributed by atoms with E-state index in [9.17, 15) is 9.18 Å². The number of carbonyl (C=O) groups is 1. The molecule has 2 fully saturated rings. The number of anilines is 2. The maximum Gasteiger partial charge on any atom is 0.414 e. The molecular weight excluding hydrogens is 259 g/mol. The van der Waals surface area contributed by atoms with Crippen LogP contribution in [-0.2, 0) is 4.74 Å². The molecule has 18 heavy (non-hydrogen) atoms. The van der Waals surface area contributed by atoms with Crippen LogP contribution in [0.2, 0.25) is 5.02 Å². The Balaban J connectivity index is 1.97. The molecule has 4 nitrogen and oxygen atoms in total. The average Bonchev–Trinajstić information content (AvgIpc) is 3.06. The number of nitrogens with one attached hydrogen (secondary N) is 1. The van der Waals surface area contributed by atoms with Crippen LogP contribution >= 0.6 is 11.6 Å². The summed E-state index contributed by atoms with van der Waals surface area (Å²) >= 11 is 6.18. The van der Waals surface area contributed by atoms with E-state index in [2.05, 4.69) is 5.32 Å². The lowest BCUT2D eigenvalue weighted by Crippen LogP contribution is -2.25. The van der Waals surface area contributed by atoms with Gasteiger partial charge in [-0.1, -0.05) is 11.6 Å². The Kier molecular flexibility index (Phi) is 2.78. The Bertz CT molecular complexity index is 505. The van der Waals surface area contributed by atoms with Gasteiger partial charge in [0, 0.05) is 6.04 Å². The van der Waals surface area contributed by atoms with Gasteiger partial charge in [0.15, 0.2) is 0 Å². The van der Waals surface area contributed by atoms with Crippen LogP contribution in [-0.4, -0.2) is 25.3 Å². The molecule has 0 spiro atoms. The normalized spacial score (nSPS) is 19.0. The Hall–Kier alpha value is -1.49. The number of nitrogens with zero attached hydrogens (tertiary/aromatic N) is 1. The van der Waals surface area contributed by atoms with Crippen LogP contribution in [0.5, 0.6) is 0 Å². The van der Waals surface area contributed by atoms with Gasteiger partial charge in [-0.25, -0.2) is 9.18 Å². The molecule has 0 bridgehead atoms. The first kappa shape index (κ1) is 11.6. The lowest BCUT2D eigenvalue weighted by Gasteiger charge is -2.18. The zero-order chi connectivity index (χ0) is 12.7. The van der Waals surface area contributed by atoms with Crippen molar-refractivity contribution in [3.8, 4) is 0 Å². The third-order valence-electron chi connectivity index (χ3n) is 3.03. The van der Waals surface area contributed by atoms with E-state index in [4.69, 9.17) is 16.3 Å². The van der Waals surface area contributed by atoms with Crippen molar-refractivity contribution in [3.05, 3.63) is 23.0 Å². The molecule has 1 N–H and O–H groups in total. The lowest BCUT2D eigenvalue weighted by molar-refractivity contribution is 0.181. The number of halogens is 2. The minimum atomic E-state index is -0.556. The lowest BCUT2D eigenvalue weighted by atomic mass is 10.2. The van der Waals surface area contributed by atoms with Crippen LogP contribution in [0.1, 0.15) is 12.8 Å². The number of hydrogen-bond acceptors (Lipinski definition) is 3. The van der Waals surface area contributed by atoms with Crippen molar-refractivity contribution in [1.82, 2.24) is 0 Å². The van der Waals surface area contributed by atoms with Crippen molar-refractivity contribution in [1.29, 1.82) is 0 Å². The molecule has 96 valence electrons. The molecule has 1 aliphatic heterocycles. The first-order valence-electron chi connectivity index (χ1n) is 5.85. The summed E-state index contributed by atoms with van der Waals surface area (Å²) in [7, 11) is 0. The number of ether oxygens (including phenoxy) is 1. The quantitative estimate of drug-likeness (QED) is 0.918. The second-order valence-electron chi connectivity index (χ2n) is 4.44. The summed E-state index contributed by atoms with van der Waals surface area (Å²) in [6.07, 6.45) is 1.63. The summed E-state index contributed by atoms with van der Waals surface area (Å²) in [5, 5.41) is 3.45. The topological polar surface area (TPSA) is 41.6 Å². The van der Waals surface area contributed by atoms with Crippen LogP contribution in [0, 0.1) is 5.82 Å². The molecule has 1 aromatic carbocycles. The Labute approximate surface area is 109 Å². The van der Waals surface area contributed by atoms with Crippen molar-refractivity contribution >= 4 is 29.1 Å². The van der Waals surface area contributed by atoms with Crippen molar-refractivity contribution in [3.63, 3.8) is 0 Å². The highest BCUT2D eigenvalue weighted by Gasteiger charge is 2.30. The first-order chi connectivity index (χ1) is 8.66. The maximum absolute atomic E-state index is 13.8. The number of amides is 1. The molecule has 1 aliphatic carbocycles. The number of rotatable bonds is 3. The third-order valence-corrected chi connectivity index (χ3v) is 3.42. The van der Waals surface area contributed by atoms with E-state index < -0.39 is 11.9 Å². The van der Waals surface area contributed by atoms with E-state index in [0.29, 0.717) is 18.3 Å². The molecule has 0 aromatic heterocycles. The van der Waals surface area contributed by atoms with Gasteiger partial charge in [0.05, 0.1) is 17.3 Å². The second-order valence-corrected chi connectivity index (χ2v) is 4.82. The fourth-order valence-corrected chi connectivity index (χ4v) is 2.25. The van der Waals surface area contributed by atoms with Gasteiger partial charge in [-0.15, -0.1) is 0 Å². The SMILES string of the molecule is O=C1OCCN1c1c(F)ccc(NC2CC2)c1Cl. The van der Waals surface area contributed by atoms with Gasteiger partial charge in [0.2, 0.25) is 0 Å². The Morgan fingerprint density at radius 1 is 1.44 bits per heavy atom. The predicted octanol–water partition coefficient (Wildman–Crippen LogP) is 3.01. The van der Waals surface area contributed by atoms with Crippen LogP contribution in [0.15, 0.2) is 12.1 Å². The minimum Gasteiger partial charge on any atom is -0.447 e. The molecule has 1 saturated heterocycles. The van der Waals surface area contributed by atoms with Crippen molar-refractivity contribution in [2.24, 2.45) is 0 Å². The fourth-order valence-electron chi connectivity index (χ4n) is 1.94. The molecule has 1 amide bonds. The smallest absolute Gasteiger partial charge is 0.414 e. The molecule has 0 unspecified atom stereocenters. The molecule has 6 heteroatoms. The summed E-state index contributed by atoms with van der Waals surface area (Å²) in [6, 6.07) is 3.32. The summed E-state index contributed by atoms with van der Waals surface area (Å²) in [6.45, 7) is 0.581. The van der Waals surface area contributed by atoms with Crippen LogP contribution in [0.25, 0.3) is 0 Å². The van der Waals surface area contributed by atoms with E-state index in [0.717, 1.165) is 12.8 Å². The van der Waals surface area contributed by atoms with E-state index >= 15 is 0 Å². The van der Waals surface area contributed by atoms with Gasteiger partial charge >= 0.3 is 6.09 Å². The van der Waals surface area contributed by atoms with Gasteiger partial charge in [0.25, 0.3) is 0 Å². The molecule has 1 aromatic rings. The third kappa shape index (κ3) is 1.99. The Morgan fingerprint density at radius 3 is 2.83 bits per heavy atom. The molecule has 1 heterocycles. The van der Waals surface area contributed by atoms with Gasteiger partial charge < -0.3 is 10.1 Å². The zero-order valence-corrected chi connectivity index (χ0v) is 10.3. The van der Waals surface area contributed by atoms with Crippen LogP contribution in [0.4, 0.5) is 20.6 Å². The number of benzene rings is 1. The molecule has 0 atom stereocenters. The largest absolute Gasteiger partial charge is 0.447 e. The van der Waals surface area contributed by atoms with Crippen molar-refractivity contribution in [2.75, 3.05) is 23.4 Å². The average molecular weight is 271 g/mol. The highest BCUT2D eigenvalue weighted by Crippen LogP contribution is 2.38. The second kappa shape index (κ2) is 4.31. The van der Waals surface area contributed by atoms with Crippen LogP contribution < -0.4 is 10.2 Å². The van der Waals surface area contributed by atoms with Gasteiger partial charge in [-0.3, -0.25) is 4.90 Å². The van der Waals surface area contributed by atoms with Gasteiger partial charge in [-0.05, 0) is 25.0 Å². The van der Waals surface area contributed by atoms with E-state index in [1.807, 2.05) is 0 Å². The first-order valence-corrected chi connectivity index (χ1v) is 6.23. The predicted molar refractivity (Wildman–Crippen MR) is 66.7 cm³/mol. The van der Waals surface area contributed by atoms with Crippen LogP contribution in [0.3, 0.4) is 0 Å². The molecular formula is C12H12ClFN2O2. The fraction of sp³-hybridized carbons (Fsp3) is 0.417. The van der Waals surface area contributed by atoms with E-state index in [1.54, 1.807) is 6.07 Å².